The Bertz CT molecular complexity index is 665. The van der Waals surface area contributed by atoms with E-state index in [9.17, 15) is 0 Å². The van der Waals surface area contributed by atoms with Crippen molar-refractivity contribution < 1.29 is 0 Å². The lowest BCUT2D eigenvalue weighted by Gasteiger charge is -2.03. The van der Waals surface area contributed by atoms with E-state index in [0.717, 1.165) is 18.1 Å². The van der Waals surface area contributed by atoms with Gasteiger partial charge >= 0.3 is 0 Å². The van der Waals surface area contributed by atoms with E-state index in [2.05, 4.69) is 64.9 Å². The molecule has 1 aromatic heterocycles. The van der Waals surface area contributed by atoms with Gasteiger partial charge in [0, 0.05) is 18.2 Å². The molecule has 3 aromatic rings. The largest absolute Gasteiger partial charge is 0.369 e. The number of nitrogens with zero attached hydrogens (tertiary/aromatic N) is 1. The van der Waals surface area contributed by atoms with E-state index in [1.165, 1.54) is 16.3 Å². The highest BCUT2D eigenvalue weighted by Gasteiger charge is 2.06. The summed E-state index contributed by atoms with van der Waals surface area (Å²) in [4.78, 5) is 0. The van der Waals surface area contributed by atoms with Crippen molar-refractivity contribution in [3.8, 4) is 11.3 Å². The van der Waals surface area contributed by atoms with Crippen LogP contribution in [0.1, 0.15) is 6.92 Å². The van der Waals surface area contributed by atoms with Crippen molar-refractivity contribution in [3.05, 3.63) is 48.5 Å². The third-order valence-corrected chi connectivity index (χ3v) is 3.02. The minimum atomic E-state index is 0.875. The molecule has 0 unspecified atom stereocenters. The average molecular weight is 237 g/mol. The number of rotatable bonds is 3. The van der Waals surface area contributed by atoms with Gasteiger partial charge in [0.1, 0.15) is 5.82 Å². The van der Waals surface area contributed by atoms with Crippen LogP contribution >= 0.6 is 0 Å². The van der Waals surface area contributed by atoms with Crippen LogP contribution in [0, 0.1) is 0 Å². The molecule has 3 rings (SSSR count). The second kappa shape index (κ2) is 4.53. The smallest absolute Gasteiger partial charge is 0.148 e. The first kappa shape index (κ1) is 10.8. The summed E-state index contributed by atoms with van der Waals surface area (Å²) in [5, 5.41) is 13.0. The Morgan fingerprint density at radius 1 is 1.11 bits per heavy atom. The highest BCUT2D eigenvalue weighted by atomic mass is 15.2. The van der Waals surface area contributed by atoms with Gasteiger partial charge < -0.3 is 5.32 Å². The number of fused-ring (bicyclic) bond motifs is 1. The van der Waals surface area contributed by atoms with Crippen LogP contribution in [0.25, 0.3) is 22.0 Å². The van der Waals surface area contributed by atoms with Crippen molar-refractivity contribution in [2.75, 3.05) is 11.9 Å². The van der Waals surface area contributed by atoms with E-state index in [1.807, 2.05) is 6.07 Å². The molecule has 2 aromatic carbocycles. The first-order valence-corrected chi connectivity index (χ1v) is 6.16. The van der Waals surface area contributed by atoms with Crippen molar-refractivity contribution in [1.82, 2.24) is 10.2 Å². The number of aromatic amines is 1. The van der Waals surface area contributed by atoms with Crippen LogP contribution in [0.4, 0.5) is 5.82 Å². The van der Waals surface area contributed by atoms with Gasteiger partial charge in [-0.2, -0.15) is 5.10 Å². The first-order chi connectivity index (χ1) is 8.88. The standard InChI is InChI=1S/C15H15N3/c1-2-16-15-10-14(17-18-15)13-9-5-7-11-6-3-4-8-12(11)13/h3-10H,2H2,1H3,(H2,16,17,18). The third-order valence-electron chi connectivity index (χ3n) is 3.02. The van der Waals surface area contributed by atoms with E-state index >= 15 is 0 Å². The lowest BCUT2D eigenvalue weighted by atomic mass is 10.0. The Balaban J connectivity index is 2.12. The zero-order valence-electron chi connectivity index (χ0n) is 10.3. The fourth-order valence-corrected chi connectivity index (χ4v) is 2.19. The van der Waals surface area contributed by atoms with Crippen LogP contribution in [0.5, 0.6) is 0 Å². The van der Waals surface area contributed by atoms with Crippen molar-refractivity contribution in [2.24, 2.45) is 0 Å². The molecule has 3 nitrogen and oxygen atoms in total. The molecule has 18 heavy (non-hydrogen) atoms. The van der Waals surface area contributed by atoms with E-state index < -0.39 is 0 Å². The number of anilines is 1. The third kappa shape index (κ3) is 1.84. The van der Waals surface area contributed by atoms with Crippen molar-refractivity contribution in [3.63, 3.8) is 0 Å². The average Bonchev–Trinajstić information content (AvgIpc) is 2.87. The molecule has 0 aliphatic rings. The summed E-state index contributed by atoms with van der Waals surface area (Å²) in [5.41, 5.74) is 2.23. The van der Waals surface area contributed by atoms with Crippen molar-refractivity contribution >= 4 is 16.6 Å². The lowest BCUT2D eigenvalue weighted by molar-refractivity contribution is 1.07. The molecular formula is C15H15N3. The fraction of sp³-hybridized carbons (Fsp3) is 0.133. The molecule has 90 valence electrons. The van der Waals surface area contributed by atoms with Crippen molar-refractivity contribution in [2.45, 2.75) is 6.92 Å². The van der Waals surface area contributed by atoms with Gasteiger partial charge in [-0.15, -0.1) is 0 Å². The summed E-state index contributed by atoms with van der Waals surface area (Å²) >= 11 is 0. The number of hydrogen-bond donors (Lipinski definition) is 2. The molecule has 0 aliphatic heterocycles. The maximum absolute atomic E-state index is 4.25. The molecule has 0 saturated heterocycles. The van der Waals surface area contributed by atoms with Crippen LogP contribution in [0.2, 0.25) is 0 Å². The SMILES string of the molecule is CCNc1cc(-c2cccc3ccccc23)[nH]n1. The van der Waals surface area contributed by atoms with Crippen LogP contribution in [-0.4, -0.2) is 16.7 Å². The number of aromatic nitrogens is 2. The molecule has 0 atom stereocenters. The zero-order valence-corrected chi connectivity index (χ0v) is 10.3. The highest BCUT2D eigenvalue weighted by molar-refractivity contribution is 5.96. The summed E-state index contributed by atoms with van der Waals surface area (Å²) in [6.07, 6.45) is 0. The van der Waals surface area contributed by atoms with Crippen LogP contribution in [-0.2, 0) is 0 Å². The Morgan fingerprint density at radius 2 is 1.94 bits per heavy atom. The summed E-state index contributed by atoms with van der Waals surface area (Å²) in [7, 11) is 0. The Labute approximate surface area is 106 Å². The molecule has 0 radical (unpaired) electrons. The first-order valence-electron chi connectivity index (χ1n) is 6.16. The van der Waals surface area contributed by atoms with Gasteiger partial charge in [-0.25, -0.2) is 0 Å². The van der Waals surface area contributed by atoms with Crippen LogP contribution in [0.3, 0.4) is 0 Å². The molecule has 1 heterocycles. The van der Waals surface area contributed by atoms with Gasteiger partial charge in [0.15, 0.2) is 0 Å². The maximum atomic E-state index is 4.25. The summed E-state index contributed by atoms with van der Waals surface area (Å²) in [6.45, 7) is 2.94. The topological polar surface area (TPSA) is 40.7 Å². The van der Waals surface area contributed by atoms with E-state index in [-0.39, 0.29) is 0 Å². The summed E-state index contributed by atoms with van der Waals surface area (Å²) < 4.78 is 0. The van der Waals surface area contributed by atoms with Gasteiger partial charge in [0.25, 0.3) is 0 Å². The molecule has 0 saturated carbocycles. The van der Waals surface area contributed by atoms with E-state index in [4.69, 9.17) is 0 Å². The lowest BCUT2D eigenvalue weighted by Crippen LogP contribution is -1.95. The number of nitrogens with one attached hydrogen (secondary N) is 2. The second-order valence-corrected chi connectivity index (χ2v) is 4.22. The Kier molecular flexibility index (Phi) is 2.73. The molecule has 0 fully saturated rings. The van der Waals surface area contributed by atoms with E-state index in [0.29, 0.717) is 0 Å². The maximum Gasteiger partial charge on any atom is 0.148 e. The molecule has 0 bridgehead atoms. The molecule has 0 aliphatic carbocycles. The number of hydrogen-bond acceptors (Lipinski definition) is 2. The predicted octanol–water partition coefficient (Wildman–Crippen LogP) is 3.66. The molecule has 0 amide bonds. The quantitative estimate of drug-likeness (QED) is 0.729. The normalized spacial score (nSPS) is 10.7. The van der Waals surface area contributed by atoms with Gasteiger partial charge in [-0.1, -0.05) is 42.5 Å². The Morgan fingerprint density at radius 3 is 2.83 bits per heavy atom. The second-order valence-electron chi connectivity index (χ2n) is 4.22. The minimum absolute atomic E-state index is 0.875. The molecule has 2 N–H and O–H groups in total. The van der Waals surface area contributed by atoms with Gasteiger partial charge in [-0.05, 0) is 17.7 Å². The Hall–Kier alpha value is -2.29. The highest BCUT2D eigenvalue weighted by Crippen LogP contribution is 2.28. The molecular weight excluding hydrogens is 222 g/mol. The number of H-pyrrole nitrogens is 1. The predicted molar refractivity (Wildman–Crippen MR) is 75.7 cm³/mol. The van der Waals surface area contributed by atoms with Gasteiger partial charge in [0.2, 0.25) is 0 Å². The summed E-state index contributed by atoms with van der Waals surface area (Å²) in [5.74, 6) is 0.889. The summed E-state index contributed by atoms with van der Waals surface area (Å²) in [6, 6.07) is 16.7. The van der Waals surface area contributed by atoms with Gasteiger partial charge in [-0.3, -0.25) is 5.10 Å². The van der Waals surface area contributed by atoms with Crippen LogP contribution in [0.15, 0.2) is 48.5 Å². The monoisotopic (exact) mass is 237 g/mol. The van der Waals surface area contributed by atoms with Crippen LogP contribution < -0.4 is 5.32 Å². The minimum Gasteiger partial charge on any atom is -0.369 e. The van der Waals surface area contributed by atoms with Gasteiger partial charge in [0.05, 0.1) is 5.69 Å². The fourth-order valence-electron chi connectivity index (χ4n) is 2.19. The molecule has 0 spiro atoms. The van der Waals surface area contributed by atoms with Crippen molar-refractivity contribution in [1.29, 1.82) is 0 Å². The number of benzene rings is 2. The van der Waals surface area contributed by atoms with E-state index in [1.54, 1.807) is 0 Å². The molecule has 3 heteroatoms. The zero-order chi connectivity index (χ0) is 12.4.